The van der Waals surface area contributed by atoms with Crippen LogP contribution in [0.15, 0.2) is 18.2 Å². The maximum absolute atomic E-state index is 12.9. The molecular formula is C13H16BrF3O3S. The first-order chi connectivity index (χ1) is 9.69. The van der Waals surface area contributed by atoms with E-state index in [1.807, 2.05) is 0 Å². The molecule has 1 rings (SSSR count). The van der Waals surface area contributed by atoms with Gasteiger partial charge in [-0.1, -0.05) is 28.9 Å². The summed E-state index contributed by atoms with van der Waals surface area (Å²) in [6.07, 6.45) is -4.35. The highest BCUT2D eigenvalue weighted by Crippen LogP contribution is 2.37. The van der Waals surface area contributed by atoms with Crippen molar-refractivity contribution >= 4 is 25.8 Å². The van der Waals surface area contributed by atoms with Gasteiger partial charge in [0.05, 0.1) is 17.9 Å². The molecule has 0 radical (unpaired) electrons. The van der Waals surface area contributed by atoms with Crippen LogP contribution in [0.5, 0.6) is 5.75 Å². The Balaban J connectivity index is 2.75. The van der Waals surface area contributed by atoms with Crippen LogP contribution in [-0.4, -0.2) is 26.5 Å². The van der Waals surface area contributed by atoms with Gasteiger partial charge < -0.3 is 4.74 Å². The Labute approximate surface area is 130 Å². The molecule has 0 saturated heterocycles. The molecule has 1 aromatic carbocycles. The first kappa shape index (κ1) is 18.3. The predicted molar refractivity (Wildman–Crippen MR) is 78.5 cm³/mol. The molecule has 21 heavy (non-hydrogen) atoms. The van der Waals surface area contributed by atoms with Crippen molar-refractivity contribution in [1.82, 2.24) is 0 Å². The summed E-state index contributed by atoms with van der Waals surface area (Å²) < 4.78 is 66.4. The summed E-state index contributed by atoms with van der Waals surface area (Å²) in [6, 6.07) is 3.81. The average Bonchev–Trinajstić information content (AvgIpc) is 2.42. The zero-order valence-electron chi connectivity index (χ0n) is 11.4. The predicted octanol–water partition coefficient (Wildman–Crippen LogP) is 3.80. The van der Waals surface area contributed by atoms with Crippen molar-refractivity contribution in [2.45, 2.75) is 24.9 Å². The molecule has 0 spiro atoms. The van der Waals surface area contributed by atoms with Crippen LogP contribution < -0.4 is 4.74 Å². The van der Waals surface area contributed by atoms with Crippen molar-refractivity contribution < 1.29 is 26.3 Å². The van der Waals surface area contributed by atoms with Crippen LogP contribution in [0.25, 0.3) is 0 Å². The van der Waals surface area contributed by atoms with Crippen molar-refractivity contribution in [3.63, 3.8) is 0 Å². The lowest BCUT2D eigenvalue weighted by Gasteiger charge is -2.15. The summed E-state index contributed by atoms with van der Waals surface area (Å²) in [4.78, 5) is 0. The van der Waals surface area contributed by atoms with Gasteiger partial charge in [-0.05, 0) is 24.1 Å². The average molecular weight is 389 g/mol. The molecule has 0 N–H and O–H groups in total. The SMILES string of the molecule is CCS(=O)(=O)CCCOc1ccc(CBr)cc1C(F)(F)F. The molecule has 0 fully saturated rings. The molecule has 0 unspecified atom stereocenters. The van der Waals surface area contributed by atoms with E-state index in [2.05, 4.69) is 15.9 Å². The molecule has 0 aliphatic carbocycles. The molecule has 120 valence electrons. The largest absolute Gasteiger partial charge is 0.493 e. The van der Waals surface area contributed by atoms with Gasteiger partial charge in [-0.25, -0.2) is 8.42 Å². The fourth-order valence-electron chi connectivity index (χ4n) is 1.61. The van der Waals surface area contributed by atoms with Crippen LogP contribution in [0.4, 0.5) is 13.2 Å². The van der Waals surface area contributed by atoms with Gasteiger partial charge in [0.1, 0.15) is 15.6 Å². The standard InChI is InChI=1S/C13H16BrF3O3S/c1-2-21(18,19)7-3-6-20-12-5-4-10(9-14)8-11(12)13(15,16)17/h4-5,8H,2-3,6-7,9H2,1H3. The van der Waals surface area contributed by atoms with Gasteiger partial charge in [-0.15, -0.1) is 0 Å². The number of benzene rings is 1. The third-order valence-electron chi connectivity index (χ3n) is 2.80. The van der Waals surface area contributed by atoms with Gasteiger partial charge >= 0.3 is 6.18 Å². The van der Waals surface area contributed by atoms with E-state index in [1.165, 1.54) is 19.1 Å². The van der Waals surface area contributed by atoms with Gasteiger partial charge in [-0.2, -0.15) is 13.2 Å². The Morgan fingerprint density at radius 3 is 2.48 bits per heavy atom. The van der Waals surface area contributed by atoms with E-state index in [4.69, 9.17) is 4.74 Å². The molecule has 0 saturated carbocycles. The minimum atomic E-state index is -4.51. The fourth-order valence-corrected chi connectivity index (χ4v) is 2.81. The van der Waals surface area contributed by atoms with E-state index in [-0.39, 0.29) is 30.3 Å². The Morgan fingerprint density at radius 1 is 1.29 bits per heavy atom. The highest BCUT2D eigenvalue weighted by Gasteiger charge is 2.34. The highest BCUT2D eigenvalue weighted by molar-refractivity contribution is 9.08. The molecule has 0 bridgehead atoms. The van der Waals surface area contributed by atoms with Crippen LogP contribution in [0.2, 0.25) is 0 Å². The van der Waals surface area contributed by atoms with Gasteiger partial charge in [-0.3, -0.25) is 0 Å². The van der Waals surface area contributed by atoms with Gasteiger partial charge in [0.2, 0.25) is 0 Å². The van der Waals surface area contributed by atoms with Gasteiger partial charge in [0.15, 0.2) is 0 Å². The number of rotatable bonds is 7. The molecule has 0 amide bonds. The Hall–Kier alpha value is -0.760. The quantitative estimate of drug-likeness (QED) is 0.526. The number of hydrogen-bond donors (Lipinski definition) is 0. The van der Waals surface area contributed by atoms with Crippen LogP contribution in [0, 0.1) is 0 Å². The minimum absolute atomic E-state index is 0.0146. The normalized spacial score (nSPS) is 12.4. The number of ether oxygens (including phenoxy) is 1. The van der Waals surface area contributed by atoms with Crippen molar-refractivity contribution in [1.29, 1.82) is 0 Å². The summed E-state index contributed by atoms with van der Waals surface area (Å²) in [7, 11) is -3.13. The Bertz CT molecular complexity index is 571. The van der Waals surface area contributed by atoms with Gasteiger partial charge in [0.25, 0.3) is 0 Å². The van der Waals surface area contributed by atoms with E-state index in [0.29, 0.717) is 10.9 Å². The molecule has 0 aliphatic heterocycles. The zero-order valence-corrected chi connectivity index (χ0v) is 13.8. The second kappa shape index (κ2) is 7.49. The third-order valence-corrected chi connectivity index (χ3v) is 5.24. The molecule has 0 heterocycles. The summed E-state index contributed by atoms with van der Waals surface area (Å²) in [6.45, 7) is 1.45. The summed E-state index contributed by atoms with van der Waals surface area (Å²) in [5.74, 6) is -0.355. The number of sulfone groups is 1. The third kappa shape index (κ3) is 5.86. The molecule has 3 nitrogen and oxygen atoms in total. The van der Waals surface area contributed by atoms with Crippen LogP contribution in [0.1, 0.15) is 24.5 Å². The lowest BCUT2D eigenvalue weighted by atomic mass is 10.1. The maximum atomic E-state index is 12.9. The Morgan fingerprint density at radius 2 is 1.95 bits per heavy atom. The van der Waals surface area contributed by atoms with Crippen molar-refractivity contribution in [2.24, 2.45) is 0 Å². The van der Waals surface area contributed by atoms with E-state index < -0.39 is 21.6 Å². The van der Waals surface area contributed by atoms with E-state index >= 15 is 0 Å². The van der Waals surface area contributed by atoms with Crippen LogP contribution >= 0.6 is 15.9 Å². The number of halogens is 4. The Kier molecular flexibility index (Phi) is 6.52. The first-order valence-corrected chi connectivity index (χ1v) is 9.23. The second-order valence-corrected chi connectivity index (χ2v) is 7.43. The lowest BCUT2D eigenvalue weighted by Crippen LogP contribution is -2.14. The first-order valence-electron chi connectivity index (χ1n) is 6.29. The van der Waals surface area contributed by atoms with Gasteiger partial charge in [0, 0.05) is 11.1 Å². The van der Waals surface area contributed by atoms with Crippen molar-refractivity contribution in [3.05, 3.63) is 29.3 Å². The smallest absolute Gasteiger partial charge is 0.419 e. The molecule has 0 aliphatic rings. The maximum Gasteiger partial charge on any atom is 0.419 e. The number of hydrogen-bond acceptors (Lipinski definition) is 3. The zero-order chi connectivity index (χ0) is 16.1. The second-order valence-electron chi connectivity index (χ2n) is 4.40. The summed E-state index contributed by atoms with van der Waals surface area (Å²) in [5, 5.41) is 0.311. The van der Waals surface area contributed by atoms with E-state index in [1.54, 1.807) is 0 Å². The highest BCUT2D eigenvalue weighted by atomic mass is 79.9. The van der Waals surface area contributed by atoms with Crippen molar-refractivity contribution in [2.75, 3.05) is 18.1 Å². The lowest BCUT2D eigenvalue weighted by molar-refractivity contribution is -0.139. The monoisotopic (exact) mass is 388 g/mol. The van der Waals surface area contributed by atoms with Crippen LogP contribution in [0.3, 0.4) is 0 Å². The molecule has 8 heteroatoms. The van der Waals surface area contributed by atoms with E-state index in [0.717, 1.165) is 6.07 Å². The van der Waals surface area contributed by atoms with Crippen molar-refractivity contribution in [3.8, 4) is 5.75 Å². The minimum Gasteiger partial charge on any atom is -0.493 e. The number of alkyl halides is 4. The molecule has 1 aromatic rings. The topological polar surface area (TPSA) is 43.4 Å². The summed E-state index contributed by atoms with van der Waals surface area (Å²) >= 11 is 3.10. The van der Waals surface area contributed by atoms with Crippen LogP contribution in [-0.2, 0) is 21.3 Å². The molecular weight excluding hydrogens is 373 g/mol. The van der Waals surface area contributed by atoms with E-state index in [9.17, 15) is 21.6 Å². The molecule has 0 atom stereocenters. The summed E-state index contributed by atoms with van der Waals surface area (Å²) in [5.41, 5.74) is -0.360. The molecule has 0 aromatic heterocycles. The fraction of sp³-hybridized carbons (Fsp3) is 0.538.